The Morgan fingerprint density at radius 3 is 2.50 bits per heavy atom. The van der Waals surface area contributed by atoms with E-state index in [0.29, 0.717) is 0 Å². The lowest BCUT2D eigenvalue weighted by Crippen LogP contribution is -2.05. The van der Waals surface area contributed by atoms with Crippen LogP contribution in [0.4, 0.5) is 22.0 Å². The first kappa shape index (κ1) is 15.9. The van der Waals surface area contributed by atoms with Crippen molar-refractivity contribution in [3.63, 3.8) is 0 Å². The van der Waals surface area contributed by atoms with Crippen molar-refractivity contribution in [3.8, 4) is 0 Å². The Balaban J connectivity index is 2.00. The van der Waals surface area contributed by atoms with Crippen LogP contribution in [0.5, 0.6) is 0 Å². The summed E-state index contributed by atoms with van der Waals surface area (Å²) in [6.07, 6.45) is -3.39. The van der Waals surface area contributed by atoms with Crippen LogP contribution in [-0.2, 0) is 17.6 Å². The summed E-state index contributed by atoms with van der Waals surface area (Å²) in [5, 5.41) is 3.45. The maximum absolute atomic E-state index is 13.3. The highest BCUT2D eigenvalue weighted by molar-refractivity contribution is 5.79. The molecule has 0 fully saturated rings. The van der Waals surface area contributed by atoms with Crippen molar-refractivity contribution in [1.82, 2.24) is 0 Å². The number of hydrogen-bond donors (Lipinski definition) is 0. The van der Waals surface area contributed by atoms with Gasteiger partial charge in [-0.2, -0.15) is 13.2 Å². The summed E-state index contributed by atoms with van der Waals surface area (Å²) in [5.74, 6) is -2.06. The summed E-state index contributed by atoms with van der Waals surface area (Å²) < 4.78 is 63.8. The molecular weight excluding hydrogens is 305 g/mol. The first-order valence-corrected chi connectivity index (χ1v) is 6.13. The molecule has 7 heteroatoms. The molecule has 0 saturated carbocycles. The normalized spacial score (nSPS) is 11.9. The van der Waals surface area contributed by atoms with Gasteiger partial charge in [0.1, 0.15) is 6.61 Å². The molecule has 0 bridgehead atoms. The van der Waals surface area contributed by atoms with Crippen molar-refractivity contribution in [1.29, 1.82) is 0 Å². The van der Waals surface area contributed by atoms with Crippen molar-refractivity contribution in [2.45, 2.75) is 12.8 Å². The number of alkyl halides is 3. The summed E-state index contributed by atoms with van der Waals surface area (Å²) in [6.45, 7) is -0.334. The van der Waals surface area contributed by atoms with Gasteiger partial charge in [0.05, 0.1) is 11.8 Å². The van der Waals surface area contributed by atoms with E-state index < -0.39 is 23.4 Å². The van der Waals surface area contributed by atoms with Gasteiger partial charge in [0, 0.05) is 5.56 Å². The van der Waals surface area contributed by atoms with Gasteiger partial charge in [0.25, 0.3) is 0 Å². The molecule has 0 spiro atoms. The van der Waals surface area contributed by atoms with Crippen LogP contribution in [0.3, 0.4) is 0 Å². The fourth-order valence-electron chi connectivity index (χ4n) is 1.66. The smallest absolute Gasteiger partial charge is 0.391 e. The van der Waals surface area contributed by atoms with Crippen molar-refractivity contribution in [3.05, 3.63) is 70.8 Å². The fourth-order valence-corrected chi connectivity index (χ4v) is 1.66. The van der Waals surface area contributed by atoms with E-state index >= 15 is 0 Å². The molecule has 2 rings (SSSR count). The van der Waals surface area contributed by atoms with Crippen LogP contribution in [0.1, 0.15) is 16.7 Å². The maximum Gasteiger partial charge on any atom is 0.416 e. The topological polar surface area (TPSA) is 21.6 Å². The lowest BCUT2D eigenvalue weighted by molar-refractivity contribution is -0.137. The van der Waals surface area contributed by atoms with Crippen LogP contribution in [0, 0.1) is 11.6 Å². The molecule has 0 aliphatic carbocycles. The van der Waals surface area contributed by atoms with Gasteiger partial charge < -0.3 is 4.84 Å². The third kappa shape index (κ3) is 4.03. The van der Waals surface area contributed by atoms with E-state index in [0.717, 1.165) is 24.4 Å². The number of rotatable bonds is 4. The third-order valence-electron chi connectivity index (χ3n) is 2.74. The second-order valence-corrected chi connectivity index (χ2v) is 4.34. The highest BCUT2D eigenvalue weighted by Gasteiger charge is 2.30. The lowest BCUT2D eigenvalue weighted by atomic mass is 10.1. The molecule has 0 atom stereocenters. The van der Waals surface area contributed by atoms with Gasteiger partial charge in [-0.3, -0.25) is 0 Å². The summed E-state index contributed by atoms with van der Waals surface area (Å²) in [7, 11) is 0. The Labute approximate surface area is 122 Å². The van der Waals surface area contributed by atoms with E-state index in [4.69, 9.17) is 4.84 Å². The zero-order valence-electron chi connectivity index (χ0n) is 11.1. The van der Waals surface area contributed by atoms with Crippen LogP contribution >= 0.6 is 0 Å². The predicted molar refractivity (Wildman–Crippen MR) is 70.2 cm³/mol. The minimum atomic E-state index is -4.45. The average Bonchev–Trinajstić information content (AvgIpc) is 2.47. The molecule has 22 heavy (non-hydrogen) atoms. The maximum atomic E-state index is 13.3. The Hall–Kier alpha value is -2.44. The molecule has 0 aliphatic rings. The molecule has 0 unspecified atom stereocenters. The molecule has 2 aromatic rings. The Kier molecular flexibility index (Phi) is 4.75. The number of oxime groups is 1. The van der Waals surface area contributed by atoms with Gasteiger partial charge in [-0.05, 0) is 23.8 Å². The largest absolute Gasteiger partial charge is 0.416 e. The summed E-state index contributed by atoms with van der Waals surface area (Å²) in [5.41, 5.74) is -0.677. The van der Waals surface area contributed by atoms with E-state index in [1.807, 2.05) is 0 Å². The molecule has 116 valence electrons. The van der Waals surface area contributed by atoms with Crippen LogP contribution < -0.4 is 0 Å². The molecule has 0 amide bonds. The monoisotopic (exact) mass is 315 g/mol. The second-order valence-electron chi connectivity index (χ2n) is 4.34. The zero-order valence-corrected chi connectivity index (χ0v) is 11.1. The highest BCUT2D eigenvalue weighted by Crippen LogP contribution is 2.29. The Morgan fingerprint density at radius 2 is 1.77 bits per heavy atom. The van der Waals surface area contributed by atoms with Gasteiger partial charge in [-0.15, -0.1) is 0 Å². The number of halogens is 5. The number of hydrogen-bond acceptors (Lipinski definition) is 2. The first-order valence-electron chi connectivity index (χ1n) is 6.13. The average molecular weight is 315 g/mol. The SMILES string of the molecule is Fc1cccc(CON=Cc2cccc(C(F)(F)F)c2)c1F. The number of nitrogens with zero attached hydrogens (tertiary/aromatic N) is 1. The molecule has 0 saturated heterocycles. The van der Waals surface area contributed by atoms with E-state index in [1.165, 1.54) is 24.3 Å². The molecule has 0 N–H and O–H groups in total. The van der Waals surface area contributed by atoms with E-state index in [9.17, 15) is 22.0 Å². The van der Waals surface area contributed by atoms with E-state index in [1.54, 1.807) is 0 Å². The van der Waals surface area contributed by atoms with Crippen molar-refractivity contribution >= 4 is 6.21 Å². The second kappa shape index (κ2) is 6.55. The zero-order chi connectivity index (χ0) is 16.2. The van der Waals surface area contributed by atoms with Crippen molar-refractivity contribution < 1.29 is 26.8 Å². The van der Waals surface area contributed by atoms with Crippen LogP contribution in [-0.4, -0.2) is 6.21 Å². The third-order valence-corrected chi connectivity index (χ3v) is 2.74. The summed E-state index contributed by atoms with van der Waals surface area (Å²) in [6, 6.07) is 8.06. The first-order chi connectivity index (χ1) is 10.4. The fraction of sp³-hybridized carbons (Fsp3) is 0.133. The van der Waals surface area contributed by atoms with E-state index in [-0.39, 0.29) is 17.7 Å². The Bertz CT molecular complexity index is 682. The van der Waals surface area contributed by atoms with Gasteiger partial charge in [-0.1, -0.05) is 29.4 Å². The van der Waals surface area contributed by atoms with Crippen LogP contribution in [0.15, 0.2) is 47.6 Å². The van der Waals surface area contributed by atoms with Gasteiger partial charge in [0.2, 0.25) is 0 Å². The Morgan fingerprint density at radius 1 is 1.05 bits per heavy atom. The van der Waals surface area contributed by atoms with Gasteiger partial charge in [0.15, 0.2) is 11.6 Å². The summed E-state index contributed by atoms with van der Waals surface area (Å²) >= 11 is 0. The molecular formula is C15H10F5NO. The van der Waals surface area contributed by atoms with Gasteiger partial charge in [-0.25, -0.2) is 8.78 Å². The summed E-state index contributed by atoms with van der Waals surface area (Å²) in [4.78, 5) is 4.77. The molecule has 0 radical (unpaired) electrons. The van der Waals surface area contributed by atoms with Crippen LogP contribution in [0.2, 0.25) is 0 Å². The quantitative estimate of drug-likeness (QED) is 0.461. The lowest BCUT2D eigenvalue weighted by Gasteiger charge is -2.06. The molecule has 0 aromatic heterocycles. The van der Waals surface area contributed by atoms with Crippen molar-refractivity contribution in [2.75, 3.05) is 0 Å². The standard InChI is InChI=1S/C15H10F5NO/c16-13-6-2-4-11(14(13)17)9-22-21-8-10-3-1-5-12(7-10)15(18,19)20/h1-8H,9H2. The minimum absolute atomic E-state index is 0.0406. The predicted octanol–water partition coefficient (Wildman–Crippen LogP) is 4.53. The molecule has 2 nitrogen and oxygen atoms in total. The minimum Gasteiger partial charge on any atom is -0.391 e. The van der Waals surface area contributed by atoms with Crippen LogP contribution in [0.25, 0.3) is 0 Å². The molecule has 2 aromatic carbocycles. The van der Waals surface area contributed by atoms with Gasteiger partial charge >= 0.3 is 6.18 Å². The highest BCUT2D eigenvalue weighted by atomic mass is 19.4. The number of benzene rings is 2. The molecule has 0 aliphatic heterocycles. The molecule has 0 heterocycles. The van der Waals surface area contributed by atoms with E-state index in [2.05, 4.69) is 5.16 Å². The van der Waals surface area contributed by atoms with Crippen molar-refractivity contribution in [2.24, 2.45) is 5.16 Å².